The lowest BCUT2D eigenvalue weighted by molar-refractivity contribution is 0.0735. The van der Waals surface area contributed by atoms with Gasteiger partial charge in [-0.15, -0.1) is 11.3 Å². The number of H-pyrrole nitrogens is 1. The number of thiophene rings is 1. The average molecular weight is 327 g/mol. The van der Waals surface area contributed by atoms with Gasteiger partial charge in [0.15, 0.2) is 0 Å². The van der Waals surface area contributed by atoms with Crippen molar-refractivity contribution in [3.05, 3.63) is 39.1 Å². The second kappa shape index (κ2) is 7.06. The smallest absolute Gasteiger partial charge is 0.265 e. The van der Waals surface area contributed by atoms with Crippen LogP contribution >= 0.6 is 22.9 Å². The molecule has 0 aliphatic heterocycles. The highest BCUT2D eigenvalue weighted by molar-refractivity contribution is 7.12. The van der Waals surface area contributed by atoms with E-state index in [2.05, 4.69) is 14.9 Å². The molecular weight excluding hydrogens is 308 g/mol. The van der Waals surface area contributed by atoms with E-state index in [4.69, 9.17) is 11.6 Å². The fraction of sp³-hybridized carbons (Fsp3) is 0.429. The monoisotopic (exact) mass is 326 g/mol. The Hall–Kier alpha value is -1.37. The number of aryl methyl sites for hydroxylation is 1. The molecule has 2 aromatic rings. The van der Waals surface area contributed by atoms with Crippen LogP contribution in [-0.4, -0.2) is 52.9 Å². The zero-order chi connectivity index (χ0) is 15.4. The number of carbonyl (C=O) groups is 1. The number of halogens is 1. The van der Waals surface area contributed by atoms with E-state index in [0.29, 0.717) is 23.0 Å². The first-order valence-electron chi connectivity index (χ1n) is 6.65. The molecule has 0 aromatic carbocycles. The molecule has 1 amide bonds. The van der Waals surface area contributed by atoms with Crippen molar-refractivity contribution in [2.75, 3.05) is 27.2 Å². The number of aromatic nitrogens is 2. The van der Waals surface area contributed by atoms with Gasteiger partial charge in [0.2, 0.25) is 0 Å². The minimum absolute atomic E-state index is 0.0379. The zero-order valence-electron chi connectivity index (χ0n) is 12.4. The Kier molecular flexibility index (Phi) is 5.39. The maximum Gasteiger partial charge on any atom is 0.265 e. The normalized spacial score (nSPS) is 11.1. The van der Waals surface area contributed by atoms with Crippen LogP contribution < -0.4 is 0 Å². The Morgan fingerprint density at radius 2 is 2.19 bits per heavy atom. The summed E-state index contributed by atoms with van der Waals surface area (Å²) in [5.74, 6) is 0.809. The number of imidazole rings is 1. The van der Waals surface area contributed by atoms with Crippen LogP contribution in [0.3, 0.4) is 0 Å². The Morgan fingerprint density at radius 1 is 1.43 bits per heavy atom. The van der Waals surface area contributed by atoms with Crippen LogP contribution in [0.15, 0.2) is 17.6 Å². The molecule has 5 nitrogen and oxygen atoms in total. The molecule has 2 aromatic heterocycles. The number of aromatic amines is 1. The molecule has 0 radical (unpaired) electrons. The molecule has 0 saturated heterocycles. The minimum atomic E-state index is -0.0379. The summed E-state index contributed by atoms with van der Waals surface area (Å²) in [5.41, 5.74) is 0.923. The van der Waals surface area contributed by atoms with E-state index in [1.54, 1.807) is 17.2 Å². The van der Waals surface area contributed by atoms with Gasteiger partial charge in [-0.1, -0.05) is 11.6 Å². The highest BCUT2D eigenvalue weighted by Crippen LogP contribution is 2.24. The summed E-state index contributed by atoms with van der Waals surface area (Å²) in [4.78, 5) is 24.4. The molecule has 2 rings (SSSR count). The van der Waals surface area contributed by atoms with Crippen LogP contribution in [0.2, 0.25) is 5.02 Å². The zero-order valence-corrected chi connectivity index (χ0v) is 14.0. The number of nitrogens with zero attached hydrogens (tertiary/aromatic N) is 3. The lowest BCUT2D eigenvalue weighted by atomic mass is 10.3. The van der Waals surface area contributed by atoms with Crippen LogP contribution in [0, 0.1) is 6.92 Å². The SMILES string of the molecule is Cc1ncc(CN(CCN(C)C)C(=O)c2sccc2Cl)[nH]1. The quantitative estimate of drug-likeness (QED) is 0.888. The second-order valence-electron chi connectivity index (χ2n) is 5.12. The second-order valence-corrected chi connectivity index (χ2v) is 6.44. The molecule has 0 spiro atoms. The number of hydrogen-bond acceptors (Lipinski definition) is 4. The van der Waals surface area contributed by atoms with E-state index in [9.17, 15) is 4.79 Å². The highest BCUT2D eigenvalue weighted by atomic mass is 35.5. The van der Waals surface area contributed by atoms with E-state index >= 15 is 0 Å². The van der Waals surface area contributed by atoms with Crippen molar-refractivity contribution in [1.82, 2.24) is 19.8 Å². The summed E-state index contributed by atoms with van der Waals surface area (Å²) in [6.45, 7) is 3.83. The van der Waals surface area contributed by atoms with Crippen molar-refractivity contribution < 1.29 is 4.79 Å². The molecule has 0 saturated carbocycles. The molecule has 7 heteroatoms. The Balaban J connectivity index is 2.15. The summed E-state index contributed by atoms with van der Waals surface area (Å²) < 4.78 is 0. The topological polar surface area (TPSA) is 52.2 Å². The fourth-order valence-electron chi connectivity index (χ4n) is 1.92. The molecule has 0 aliphatic rings. The van der Waals surface area contributed by atoms with Crippen LogP contribution in [0.1, 0.15) is 21.2 Å². The third-order valence-electron chi connectivity index (χ3n) is 3.03. The third-order valence-corrected chi connectivity index (χ3v) is 4.36. The van der Waals surface area contributed by atoms with Gasteiger partial charge in [0.1, 0.15) is 10.7 Å². The van der Waals surface area contributed by atoms with Gasteiger partial charge in [0, 0.05) is 13.1 Å². The summed E-state index contributed by atoms with van der Waals surface area (Å²) in [6.07, 6.45) is 1.77. The maximum atomic E-state index is 12.6. The maximum absolute atomic E-state index is 12.6. The summed E-state index contributed by atoms with van der Waals surface area (Å²) in [5, 5.41) is 2.35. The van der Waals surface area contributed by atoms with Gasteiger partial charge in [-0.05, 0) is 32.5 Å². The van der Waals surface area contributed by atoms with Crippen LogP contribution in [0.25, 0.3) is 0 Å². The van der Waals surface area contributed by atoms with E-state index in [1.165, 1.54) is 11.3 Å². The number of amides is 1. The molecule has 0 atom stereocenters. The van der Waals surface area contributed by atoms with Gasteiger partial charge in [-0.25, -0.2) is 4.98 Å². The van der Waals surface area contributed by atoms with Crippen molar-refractivity contribution in [2.45, 2.75) is 13.5 Å². The molecule has 1 N–H and O–H groups in total. The van der Waals surface area contributed by atoms with E-state index in [0.717, 1.165) is 18.1 Å². The van der Waals surface area contributed by atoms with Gasteiger partial charge >= 0.3 is 0 Å². The number of rotatable bonds is 6. The molecule has 114 valence electrons. The van der Waals surface area contributed by atoms with Crippen molar-refractivity contribution in [3.63, 3.8) is 0 Å². The van der Waals surface area contributed by atoms with Crippen molar-refractivity contribution in [3.8, 4) is 0 Å². The lowest BCUT2D eigenvalue weighted by Gasteiger charge is -2.23. The Morgan fingerprint density at radius 3 is 2.71 bits per heavy atom. The fourth-order valence-corrected chi connectivity index (χ4v) is 3.02. The first-order chi connectivity index (χ1) is 9.97. The first-order valence-corrected chi connectivity index (χ1v) is 7.90. The molecular formula is C14H19ClN4OS. The van der Waals surface area contributed by atoms with Gasteiger partial charge in [-0.2, -0.15) is 0 Å². The van der Waals surface area contributed by atoms with Crippen LogP contribution in [-0.2, 0) is 6.54 Å². The van der Waals surface area contributed by atoms with Crippen LogP contribution in [0.5, 0.6) is 0 Å². The van der Waals surface area contributed by atoms with E-state index in [1.807, 2.05) is 26.4 Å². The Bertz CT molecular complexity index is 608. The molecule has 21 heavy (non-hydrogen) atoms. The van der Waals surface area contributed by atoms with Gasteiger partial charge in [0.25, 0.3) is 5.91 Å². The molecule has 0 bridgehead atoms. The minimum Gasteiger partial charge on any atom is -0.345 e. The molecule has 0 aliphatic carbocycles. The number of carbonyl (C=O) groups excluding carboxylic acids is 1. The molecule has 2 heterocycles. The predicted octanol–water partition coefficient (Wildman–Crippen LogP) is 2.64. The van der Waals surface area contributed by atoms with Crippen molar-refractivity contribution in [2.24, 2.45) is 0 Å². The van der Waals surface area contributed by atoms with Gasteiger partial charge in [-0.3, -0.25) is 4.79 Å². The average Bonchev–Trinajstić information content (AvgIpc) is 3.02. The summed E-state index contributed by atoms with van der Waals surface area (Å²) in [7, 11) is 3.97. The number of hydrogen-bond donors (Lipinski definition) is 1. The Labute approximate surface area is 133 Å². The standard InChI is InChI=1S/C14H19ClN4OS/c1-10-16-8-11(17-10)9-19(6-5-18(2)3)14(20)13-12(15)4-7-21-13/h4,7-8H,5-6,9H2,1-3H3,(H,16,17). The largest absolute Gasteiger partial charge is 0.345 e. The first kappa shape index (κ1) is 16.0. The lowest BCUT2D eigenvalue weighted by Crippen LogP contribution is -2.36. The summed E-state index contributed by atoms with van der Waals surface area (Å²) in [6, 6.07) is 1.75. The molecule has 0 unspecified atom stereocenters. The van der Waals surface area contributed by atoms with E-state index in [-0.39, 0.29) is 5.91 Å². The summed E-state index contributed by atoms with van der Waals surface area (Å²) >= 11 is 7.45. The molecule has 0 fully saturated rings. The van der Waals surface area contributed by atoms with Crippen LogP contribution in [0.4, 0.5) is 0 Å². The number of likely N-dealkylation sites (N-methyl/N-ethyl adjacent to an activating group) is 1. The van der Waals surface area contributed by atoms with Crippen molar-refractivity contribution >= 4 is 28.8 Å². The van der Waals surface area contributed by atoms with Gasteiger partial charge in [0.05, 0.1) is 23.5 Å². The predicted molar refractivity (Wildman–Crippen MR) is 85.9 cm³/mol. The van der Waals surface area contributed by atoms with Crippen molar-refractivity contribution in [1.29, 1.82) is 0 Å². The van der Waals surface area contributed by atoms with E-state index < -0.39 is 0 Å². The number of nitrogens with one attached hydrogen (secondary N) is 1. The highest BCUT2D eigenvalue weighted by Gasteiger charge is 2.20. The third kappa shape index (κ3) is 4.30. The van der Waals surface area contributed by atoms with Gasteiger partial charge < -0.3 is 14.8 Å².